The van der Waals surface area contributed by atoms with Gasteiger partial charge >= 0.3 is 25.8 Å². The molecule has 2 aromatic rings. The standard InChI is InChI=1S/C14H17N3O9P2S/c1-17(2)13-7-3-11(4-8-13)15-16-12-5-9-14(10-6-12)29(23,24)26-28(21,22)25-27(18,19)20/h3-10H,1-2H3,(H,21,22)(H2,18,19,20). The van der Waals surface area contributed by atoms with Crippen molar-refractivity contribution in [1.82, 2.24) is 0 Å². The van der Waals surface area contributed by atoms with E-state index in [1.807, 2.05) is 31.1 Å². The first kappa shape index (κ1) is 23.3. The Morgan fingerprint density at radius 2 is 1.31 bits per heavy atom. The van der Waals surface area contributed by atoms with Gasteiger partial charge in [-0.1, -0.05) is 0 Å². The third kappa shape index (κ3) is 7.42. The monoisotopic (exact) mass is 465 g/mol. The number of rotatable bonds is 8. The third-order valence-corrected chi connectivity index (χ3v) is 7.24. The van der Waals surface area contributed by atoms with Gasteiger partial charge in [0.25, 0.3) is 0 Å². The highest BCUT2D eigenvalue weighted by molar-refractivity contribution is 7.91. The zero-order chi connectivity index (χ0) is 21.9. The van der Waals surface area contributed by atoms with Crippen LogP contribution in [0.3, 0.4) is 0 Å². The van der Waals surface area contributed by atoms with E-state index < -0.39 is 30.7 Å². The molecule has 0 aliphatic rings. The Bertz CT molecular complexity index is 1080. The number of anilines is 1. The largest absolute Gasteiger partial charge is 0.496 e. The van der Waals surface area contributed by atoms with Crippen LogP contribution in [0.15, 0.2) is 63.7 Å². The molecule has 29 heavy (non-hydrogen) atoms. The molecule has 0 aromatic heterocycles. The van der Waals surface area contributed by atoms with Gasteiger partial charge in [0.1, 0.15) is 0 Å². The van der Waals surface area contributed by atoms with Gasteiger partial charge in [0.15, 0.2) is 0 Å². The number of nitrogens with zero attached hydrogens (tertiary/aromatic N) is 3. The number of benzene rings is 2. The minimum absolute atomic E-state index is 0.277. The van der Waals surface area contributed by atoms with E-state index in [0.29, 0.717) is 5.69 Å². The van der Waals surface area contributed by atoms with Crippen molar-refractivity contribution in [1.29, 1.82) is 0 Å². The minimum atomic E-state index is -5.57. The van der Waals surface area contributed by atoms with E-state index in [2.05, 4.69) is 18.5 Å². The van der Waals surface area contributed by atoms with Gasteiger partial charge in [-0.15, -0.1) is 0 Å². The van der Waals surface area contributed by atoms with Crippen molar-refractivity contribution >= 4 is 42.8 Å². The highest BCUT2D eigenvalue weighted by atomic mass is 32.2. The summed E-state index contributed by atoms with van der Waals surface area (Å²) < 4.78 is 53.3. The van der Waals surface area contributed by atoms with E-state index in [4.69, 9.17) is 14.7 Å². The van der Waals surface area contributed by atoms with Crippen LogP contribution in [0.4, 0.5) is 17.1 Å². The second kappa shape index (κ2) is 8.82. The normalized spacial score (nSPS) is 14.7. The maximum absolute atomic E-state index is 12.0. The van der Waals surface area contributed by atoms with E-state index in [9.17, 15) is 17.5 Å². The molecule has 0 fully saturated rings. The molecule has 0 aliphatic carbocycles. The summed E-state index contributed by atoms with van der Waals surface area (Å²) in [6.45, 7) is 0. The Hall–Kier alpha value is -1.95. The molecule has 3 N–H and O–H groups in total. The summed E-state index contributed by atoms with van der Waals surface area (Å²) in [4.78, 5) is 27.5. The third-order valence-electron chi connectivity index (χ3n) is 3.17. The van der Waals surface area contributed by atoms with Crippen molar-refractivity contribution in [3.05, 3.63) is 48.5 Å². The molecule has 12 nitrogen and oxygen atoms in total. The van der Waals surface area contributed by atoms with Crippen LogP contribution in [0.5, 0.6) is 0 Å². The van der Waals surface area contributed by atoms with Gasteiger partial charge < -0.3 is 19.6 Å². The van der Waals surface area contributed by atoms with Crippen molar-refractivity contribution in [2.24, 2.45) is 10.2 Å². The van der Waals surface area contributed by atoms with E-state index >= 15 is 0 Å². The topological polar surface area (TPSA) is 175 Å². The van der Waals surface area contributed by atoms with Gasteiger partial charge in [-0.05, 0) is 48.5 Å². The summed E-state index contributed by atoms with van der Waals surface area (Å²) >= 11 is 0. The maximum atomic E-state index is 12.0. The molecule has 158 valence electrons. The van der Waals surface area contributed by atoms with Gasteiger partial charge in [0, 0.05) is 19.8 Å². The molecular formula is C14H17N3O9P2S. The molecule has 0 aliphatic heterocycles. The quantitative estimate of drug-likeness (QED) is 0.388. The molecule has 1 unspecified atom stereocenters. The Balaban J connectivity index is 2.12. The molecule has 0 spiro atoms. The molecule has 15 heteroatoms. The predicted octanol–water partition coefficient (Wildman–Crippen LogP) is 3.08. The summed E-state index contributed by atoms with van der Waals surface area (Å²) in [6.07, 6.45) is 0. The van der Waals surface area contributed by atoms with Crippen LogP contribution in [0, 0.1) is 0 Å². The maximum Gasteiger partial charge on any atom is 0.496 e. The van der Waals surface area contributed by atoms with E-state index in [1.54, 1.807) is 12.1 Å². The van der Waals surface area contributed by atoms with Gasteiger partial charge in [-0.3, -0.25) is 0 Å². The first-order valence-corrected chi connectivity index (χ1v) is 12.1. The average Bonchev–Trinajstić information content (AvgIpc) is 2.57. The fraction of sp³-hybridized carbons (Fsp3) is 0.143. The molecule has 1 atom stereocenters. The lowest BCUT2D eigenvalue weighted by Gasteiger charge is -2.12. The fourth-order valence-electron chi connectivity index (χ4n) is 1.93. The summed E-state index contributed by atoms with van der Waals surface area (Å²) in [5, 5.41) is 7.94. The van der Waals surface area contributed by atoms with Crippen molar-refractivity contribution in [2.45, 2.75) is 4.90 Å². The van der Waals surface area contributed by atoms with Crippen molar-refractivity contribution < 1.29 is 40.5 Å². The van der Waals surface area contributed by atoms with E-state index in [1.165, 1.54) is 12.1 Å². The molecule has 0 radical (unpaired) electrons. The summed E-state index contributed by atoms with van der Waals surface area (Å²) in [5.41, 5.74) is 1.81. The zero-order valence-electron chi connectivity index (χ0n) is 15.1. The molecule has 0 amide bonds. The predicted molar refractivity (Wildman–Crippen MR) is 103 cm³/mol. The Morgan fingerprint density at radius 3 is 1.72 bits per heavy atom. The van der Waals surface area contributed by atoms with Crippen LogP contribution < -0.4 is 4.90 Å². The molecule has 2 aromatic carbocycles. The lowest BCUT2D eigenvalue weighted by molar-refractivity contribution is 0.231. The van der Waals surface area contributed by atoms with Gasteiger partial charge in [-0.25, -0.2) is 9.13 Å². The molecule has 0 bridgehead atoms. The first-order chi connectivity index (χ1) is 13.3. The highest BCUT2D eigenvalue weighted by Crippen LogP contribution is 2.58. The minimum Gasteiger partial charge on any atom is -0.378 e. The van der Waals surface area contributed by atoms with Crippen LogP contribution in [0.1, 0.15) is 0 Å². The second-order valence-electron chi connectivity index (χ2n) is 5.67. The fourth-order valence-corrected chi connectivity index (χ4v) is 5.16. The highest BCUT2D eigenvalue weighted by Gasteiger charge is 2.38. The van der Waals surface area contributed by atoms with Crippen molar-refractivity contribution in [2.75, 3.05) is 19.0 Å². The molecular weight excluding hydrogens is 448 g/mol. The average molecular weight is 465 g/mol. The lowest BCUT2D eigenvalue weighted by Crippen LogP contribution is -2.07. The van der Waals surface area contributed by atoms with Crippen molar-refractivity contribution in [3.63, 3.8) is 0 Å². The Morgan fingerprint density at radius 1 is 0.862 bits per heavy atom. The van der Waals surface area contributed by atoms with Gasteiger partial charge in [0.2, 0.25) is 0 Å². The van der Waals surface area contributed by atoms with E-state index in [-0.39, 0.29) is 5.69 Å². The van der Waals surface area contributed by atoms with Crippen LogP contribution >= 0.6 is 15.6 Å². The number of hydrogen-bond donors (Lipinski definition) is 3. The molecule has 2 rings (SSSR count). The smallest absolute Gasteiger partial charge is 0.378 e. The van der Waals surface area contributed by atoms with E-state index in [0.717, 1.165) is 17.8 Å². The van der Waals surface area contributed by atoms with Crippen LogP contribution in [-0.2, 0) is 27.5 Å². The lowest BCUT2D eigenvalue weighted by atomic mass is 10.3. The zero-order valence-corrected chi connectivity index (χ0v) is 17.7. The number of azo groups is 1. The van der Waals surface area contributed by atoms with Crippen LogP contribution in [0.25, 0.3) is 0 Å². The Kier molecular flexibility index (Phi) is 7.10. The van der Waals surface area contributed by atoms with Crippen molar-refractivity contribution in [3.8, 4) is 0 Å². The summed E-state index contributed by atoms with van der Waals surface area (Å²) in [6, 6.07) is 11.7. The van der Waals surface area contributed by atoms with Gasteiger partial charge in [0.05, 0.1) is 16.3 Å². The van der Waals surface area contributed by atoms with Crippen LogP contribution in [-0.4, -0.2) is 37.2 Å². The SMILES string of the molecule is CN(C)c1ccc(N=Nc2ccc(S(=O)(=O)OP(=O)(O)OP(=O)(O)O)cc2)cc1. The first-order valence-electron chi connectivity index (χ1n) is 7.62. The number of phosphoric acid groups is 2. The Labute approximate surface area is 166 Å². The second-order valence-corrected chi connectivity index (χ2v) is 10.2. The summed E-state index contributed by atoms with van der Waals surface area (Å²) in [5.74, 6) is 0. The molecule has 0 heterocycles. The molecule has 0 saturated carbocycles. The van der Waals surface area contributed by atoms with Gasteiger partial charge in [-0.2, -0.15) is 26.9 Å². The molecule has 0 saturated heterocycles. The van der Waals surface area contributed by atoms with Crippen LogP contribution in [0.2, 0.25) is 0 Å². The summed E-state index contributed by atoms with van der Waals surface area (Å²) in [7, 11) is -12.1. The number of hydrogen-bond acceptors (Lipinski definition) is 9.